The van der Waals surface area contributed by atoms with E-state index in [0.717, 1.165) is 22.2 Å². The predicted octanol–water partition coefficient (Wildman–Crippen LogP) is 3.58. The van der Waals surface area contributed by atoms with Crippen molar-refractivity contribution in [2.24, 2.45) is 0 Å². The molecule has 0 amide bonds. The van der Waals surface area contributed by atoms with Crippen molar-refractivity contribution < 1.29 is 9.52 Å². The molecular formula is C17H17NO2. The molecule has 0 aliphatic carbocycles. The van der Waals surface area contributed by atoms with Crippen LogP contribution in [0.4, 0.5) is 5.69 Å². The number of benzene rings is 2. The van der Waals surface area contributed by atoms with Crippen LogP contribution in [0.2, 0.25) is 0 Å². The Balaban J connectivity index is 1.99. The summed E-state index contributed by atoms with van der Waals surface area (Å²) >= 11 is 0. The van der Waals surface area contributed by atoms with Crippen LogP contribution in [0.15, 0.2) is 59.0 Å². The molecule has 1 aromatic heterocycles. The van der Waals surface area contributed by atoms with Crippen LogP contribution in [-0.4, -0.2) is 19.2 Å². The van der Waals surface area contributed by atoms with Crippen molar-refractivity contribution in [1.29, 1.82) is 0 Å². The van der Waals surface area contributed by atoms with E-state index in [1.807, 2.05) is 73.6 Å². The van der Waals surface area contributed by atoms with Gasteiger partial charge >= 0.3 is 0 Å². The summed E-state index contributed by atoms with van der Waals surface area (Å²) < 4.78 is 5.72. The highest BCUT2D eigenvalue weighted by Gasteiger charge is 2.16. The molecule has 0 bridgehead atoms. The number of hydrogen-bond acceptors (Lipinski definition) is 3. The highest BCUT2D eigenvalue weighted by Crippen LogP contribution is 2.29. The molecule has 20 heavy (non-hydrogen) atoms. The second kappa shape index (κ2) is 5.02. The third-order valence-electron chi connectivity index (χ3n) is 3.42. The molecule has 3 heteroatoms. The summed E-state index contributed by atoms with van der Waals surface area (Å²) in [6.07, 6.45) is -0.748. The van der Waals surface area contributed by atoms with Crippen molar-refractivity contribution in [3.63, 3.8) is 0 Å². The molecule has 0 spiro atoms. The molecule has 0 aliphatic heterocycles. The molecule has 102 valence electrons. The van der Waals surface area contributed by atoms with Crippen molar-refractivity contribution in [3.05, 3.63) is 65.9 Å². The molecule has 1 N–H and O–H groups in total. The first kappa shape index (κ1) is 12.8. The standard InChI is InChI=1S/C17H17NO2/c1-18(2)14-8-5-7-13(10-14)17(19)16-11-12-6-3-4-9-15(12)20-16/h3-11,17,19H,1-2H3. The van der Waals surface area contributed by atoms with Gasteiger partial charge in [0.15, 0.2) is 0 Å². The van der Waals surface area contributed by atoms with Crippen LogP contribution in [0.5, 0.6) is 0 Å². The van der Waals surface area contributed by atoms with Crippen molar-refractivity contribution in [3.8, 4) is 0 Å². The zero-order valence-corrected chi connectivity index (χ0v) is 11.6. The van der Waals surface area contributed by atoms with E-state index in [9.17, 15) is 5.11 Å². The lowest BCUT2D eigenvalue weighted by Gasteiger charge is -2.15. The third kappa shape index (κ3) is 2.28. The van der Waals surface area contributed by atoms with E-state index in [1.165, 1.54) is 0 Å². The van der Waals surface area contributed by atoms with Gasteiger partial charge in [0.2, 0.25) is 0 Å². The van der Waals surface area contributed by atoms with E-state index in [1.54, 1.807) is 0 Å². The van der Waals surface area contributed by atoms with E-state index in [-0.39, 0.29) is 0 Å². The van der Waals surface area contributed by atoms with E-state index in [4.69, 9.17) is 4.42 Å². The Kier molecular flexibility index (Phi) is 3.20. The quantitative estimate of drug-likeness (QED) is 0.788. The first-order valence-electron chi connectivity index (χ1n) is 6.59. The van der Waals surface area contributed by atoms with Crippen LogP contribution in [0.3, 0.4) is 0 Å². The van der Waals surface area contributed by atoms with Gasteiger partial charge < -0.3 is 14.4 Å². The molecule has 3 nitrogen and oxygen atoms in total. The zero-order valence-electron chi connectivity index (χ0n) is 11.6. The van der Waals surface area contributed by atoms with Gasteiger partial charge in [-0.15, -0.1) is 0 Å². The van der Waals surface area contributed by atoms with Crippen molar-refractivity contribution in [2.75, 3.05) is 19.0 Å². The van der Waals surface area contributed by atoms with Gasteiger partial charge in [-0.25, -0.2) is 0 Å². The van der Waals surface area contributed by atoms with Gasteiger partial charge in [-0.3, -0.25) is 0 Å². The fourth-order valence-corrected chi connectivity index (χ4v) is 2.27. The molecule has 1 unspecified atom stereocenters. The van der Waals surface area contributed by atoms with Gasteiger partial charge in [0, 0.05) is 25.2 Å². The van der Waals surface area contributed by atoms with Crippen LogP contribution in [0, 0.1) is 0 Å². The minimum atomic E-state index is -0.748. The maximum Gasteiger partial charge on any atom is 0.138 e. The normalized spacial score (nSPS) is 12.6. The maximum absolute atomic E-state index is 10.5. The van der Waals surface area contributed by atoms with Crippen molar-refractivity contribution in [1.82, 2.24) is 0 Å². The number of nitrogens with zero attached hydrogens (tertiary/aromatic N) is 1. The Labute approximate surface area is 118 Å². The van der Waals surface area contributed by atoms with Crippen molar-refractivity contribution in [2.45, 2.75) is 6.10 Å². The zero-order chi connectivity index (χ0) is 14.1. The maximum atomic E-state index is 10.5. The molecule has 0 radical (unpaired) electrons. The van der Waals surface area contributed by atoms with E-state index >= 15 is 0 Å². The van der Waals surface area contributed by atoms with Gasteiger partial charge in [0.05, 0.1) is 0 Å². The molecule has 3 aromatic rings. The van der Waals surface area contributed by atoms with Crippen LogP contribution in [0.25, 0.3) is 11.0 Å². The fraction of sp³-hybridized carbons (Fsp3) is 0.176. The number of hydrogen-bond donors (Lipinski definition) is 1. The Morgan fingerprint density at radius 2 is 1.80 bits per heavy atom. The summed E-state index contributed by atoms with van der Waals surface area (Å²) in [6, 6.07) is 17.5. The molecule has 0 saturated heterocycles. The summed E-state index contributed by atoms with van der Waals surface area (Å²) in [5.41, 5.74) is 2.68. The van der Waals surface area contributed by atoms with E-state index in [2.05, 4.69) is 0 Å². The summed E-state index contributed by atoms with van der Waals surface area (Å²) in [5, 5.41) is 11.5. The number of fused-ring (bicyclic) bond motifs is 1. The minimum Gasteiger partial charge on any atom is -0.458 e. The van der Waals surface area contributed by atoms with Crippen molar-refractivity contribution >= 4 is 16.7 Å². The Morgan fingerprint density at radius 3 is 2.55 bits per heavy atom. The third-order valence-corrected chi connectivity index (χ3v) is 3.42. The lowest BCUT2D eigenvalue weighted by atomic mass is 10.1. The van der Waals surface area contributed by atoms with Gasteiger partial charge in [-0.2, -0.15) is 0 Å². The van der Waals surface area contributed by atoms with Gasteiger partial charge in [0.1, 0.15) is 17.4 Å². The lowest BCUT2D eigenvalue weighted by molar-refractivity contribution is 0.192. The second-order valence-corrected chi connectivity index (χ2v) is 5.08. The van der Waals surface area contributed by atoms with E-state index < -0.39 is 6.10 Å². The monoisotopic (exact) mass is 267 g/mol. The average Bonchev–Trinajstić information content (AvgIpc) is 2.90. The molecule has 0 aliphatic rings. The Hall–Kier alpha value is -2.26. The second-order valence-electron chi connectivity index (χ2n) is 5.08. The summed E-state index contributed by atoms with van der Waals surface area (Å²) in [6.45, 7) is 0. The fourth-order valence-electron chi connectivity index (χ4n) is 2.27. The van der Waals surface area contributed by atoms with Gasteiger partial charge in [-0.1, -0.05) is 30.3 Å². The van der Waals surface area contributed by atoms with Crippen LogP contribution in [-0.2, 0) is 0 Å². The molecule has 2 aromatic carbocycles. The Bertz CT molecular complexity index is 697. The first-order chi connectivity index (χ1) is 9.65. The SMILES string of the molecule is CN(C)c1cccc(C(O)c2cc3ccccc3o2)c1. The minimum absolute atomic E-state index is 0.571. The summed E-state index contributed by atoms with van der Waals surface area (Å²) in [5.74, 6) is 0.571. The molecule has 0 fully saturated rings. The number of rotatable bonds is 3. The van der Waals surface area contributed by atoms with Gasteiger partial charge in [-0.05, 0) is 29.8 Å². The number of anilines is 1. The van der Waals surface area contributed by atoms with Crippen LogP contribution >= 0.6 is 0 Å². The number of furan rings is 1. The van der Waals surface area contributed by atoms with Crippen LogP contribution < -0.4 is 4.90 Å². The van der Waals surface area contributed by atoms with Crippen LogP contribution in [0.1, 0.15) is 17.4 Å². The largest absolute Gasteiger partial charge is 0.458 e. The number of para-hydroxylation sites is 1. The average molecular weight is 267 g/mol. The smallest absolute Gasteiger partial charge is 0.138 e. The first-order valence-corrected chi connectivity index (χ1v) is 6.59. The number of aliphatic hydroxyl groups excluding tert-OH is 1. The lowest BCUT2D eigenvalue weighted by Crippen LogP contribution is -2.09. The predicted molar refractivity (Wildman–Crippen MR) is 81.0 cm³/mol. The summed E-state index contributed by atoms with van der Waals surface area (Å²) in [7, 11) is 3.96. The molecule has 0 saturated carbocycles. The highest BCUT2D eigenvalue weighted by molar-refractivity contribution is 5.77. The molecule has 3 rings (SSSR count). The molecular weight excluding hydrogens is 250 g/mol. The molecule has 1 heterocycles. The topological polar surface area (TPSA) is 36.6 Å². The summed E-state index contributed by atoms with van der Waals surface area (Å²) in [4.78, 5) is 2.01. The van der Waals surface area contributed by atoms with Gasteiger partial charge in [0.25, 0.3) is 0 Å². The number of aliphatic hydroxyl groups is 1. The Morgan fingerprint density at radius 1 is 1.00 bits per heavy atom. The van der Waals surface area contributed by atoms with E-state index in [0.29, 0.717) is 5.76 Å². The highest BCUT2D eigenvalue weighted by atomic mass is 16.4. The molecule has 1 atom stereocenters.